The van der Waals surface area contributed by atoms with E-state index in [0.717, 1.165) is 16.1 Å². The standard InChI is InChI=1S/C17H18Cl2N2O3S/c1-20(11-13-6-4-3-5-7-13)17(22)12-21(25(2,23)24)16-9-8-14(18)10-15(16)19/h3-10H,11-12H2,1-2H3. The van der Waals surface area contributed by atoms with Crippen LogP contribution in [0.25, 0.3) is 0 Å². The van der Waals surface area contributed by atoms with Crippen molar-refractivity contribution in [2.24, 2.45) is 0 Å². The van der Waals surface area contributed by atoms with Gasteiger partial charge in [0.15, 0.2) is 0 Å². The second-order valence-electron chi connectivity index (χ2n) is 5.60. The maximum absolute atomic E-state index is 12.5. The van der Waals surface area contributed by atoms with Gasteiger partial charge >= 0.3 is 0 Å². The van der Waals surface area contributed by atoms with Crippen LogP contribution in [0.4, 0.5) is 5.69 Å². The van der Waals surface area contributed by atoms with Crippen molar-refractivity contribution in [1.29, 1.82) is 0 Å². The molecule has 0 N–H and O–H groups in total. The van der Waals surface area contributed by atoms with Gasteiger partial charge in [0, 0.05) is 18.6 Å². The van der Waals surface area contributed by atoms with Gasteiger partial charge in [-0.1, -0.05) is 53.5 Å². The summed E-state index contributed by atoms with van der Waals surface area (Å²) in [5.74, 6) is -0.347. The van der Waals surface area contributed by atoms with E-state index in [2.05, 4.69) is 0 Å². The summed E-state index contributed by atoms with van der Waals surface area (Å²) in [6.07, 6.45) is 1.03. The first-order valence-electron chi connectivity index (χ1n) is 7.39. The Balaban J connectivity index is 2.21. The summed E-state index contributed by atoms with van der Waals surface area (Å²) in [6, 6.07) is 13.9. The number of sulfonamides is 1. The third-order valence-electron chi connectivity index (χ3n) is 3.55. The van der Waals surface area contributed by atoms with Crippen LogP contribution in [-0.2, 0) is 21.4 Å². The summed E-state index contributed by atoms with van der Waals surface area (Å²) >= 11 is 12.0. The van der Waals surface area contributed by atoms with E-state index < -0.39 is 10.0 Å². The van der Waals surface area contributed by atoms with E-state index in [9.17, 15) is 13.2 Å². The van der Waals surface area contributed by atoms with Gasteiger partial charge < -0.3 is 4.90 Å². The van der Waals surface area contributed by atoms with Crippen molar-refractivity contribution in [1.82, 2.24) is 4.90 Å². The Morgan fingerprint density at radius 3 is 2.28 bits per heavy atom. The molecule has 134 valence electrons. The Hall–Kier alpha value is -1.76. The molecule has 2 aromatic carbocycles. The molecule has 0 heterocycles. The molecule has 0 fully saturated rings. The number of hydrogen-bond donors (Lipinski definition) is 0. The number of likely N-dealkylation sites (N-methyl/N-ethyl adjacent to an activating group) is 1. The summed E-state index contributed by atoms with van der Waals surface area (Å²) in [5, 5.41) is 0.547. The van der Waals surface area contributed by atoms with Gasteiger partial charge in [-0.25, -0.2) is 8.42 Å². The summed E-state index contributed by atoms with van der Waals surface area (Å²) in [4.78, 5) is 14.0. The lowest BCUT2D eigenvalue weighted by Crippen LogP contribution is -2.41. The number of benzene rings is 2. The lowest BCUT2D eigenvalue weighted by Gasteiger charge is -2.26. The molecule has 25 heavy (non-hydrogen) atoms. The van der Waals surface area contributed by atoms with Crippen molar-refractivity contribution in [2.45, 2.75) is 6.54 Å². The SMILES string of the molecule is CN(Cc1ccccc1)C(=O)CN(c1ccc(Cl)cc1Cl)S(C)(=O)=O. The zero-order chi connectivity index (χ0) is 18.6. The molecule has 8 heteroatoms. The number of anilines is 1. The number of rotatable bonds is 6. The number of hydrogen-bond acceptors (Lipinski definition) is 3. The molecule has 5 nitrogen and oxygen atoms in total. The fourth-order valence-corrected chi connectivity index (χ4v) is 3.68. The van der Waals surface area contributed by atoms with Crippen LogP contribution in [0.1, 0.15) is 5.56 Å². The van der Waals surface area contributed by atoms with Crippen LogP contribution >= 0.6 is 23.2 Å². The van der Waals surface area contributed by atoms with Crippen molar-refractivity contribution < 1.29 is 13.2 Å². The molecule has 0 saturated heterocycles. The second kappa shape index (κ2) is 8.08. The van der Waals surface area contributed by atoms with Crippen LogP contribution in [-0.4, -0.2) is 39.1 Å². The van der Waals surface area contributed by atoms with Crippen molar-refractivity contribution >= 4 is 44.8 Å². The Kier molecular flexibility index (Phi) is 6.32. The average Bonchev–Trinajstić information content (AvgIpc) is 2.53. The quantitative estimate of drug-likeness (QED) is 0.746. The first-order valence-corrected chi connectivity index (χ1v) is 9.99. The molecule has 1 amide bonds. The van der Waals surface area contributed by atoms with Crippen LogP contribution in [0.15, 0.2) is 48.5 Å². The molecule has 0 atom stereocenters. The zero-order valence-corrected chi connectivity index (χ0v) is 16.1. The van der Waals surface area contributed by atoms with Crippen molar-refractivity contribution in [2.75, 3.05) is 24.2 Å². The molecule has 0 aliphatic heterocycles. The minimum atomic E-state index is -3.70. The number of carbonyl (C=O) groups excluding carboxylic acids is 1. The Bertz CT molecular complexity index is 857. The highest BCUT2D eigenvalue weighted by atomic mass is 35.5. The highest BCUT2D eigenvalue weighted by Gasteiger charge is 2.24. The fraction of sp³-hybridized carbons (Fsp3) is 0.235. The fourth-order valence-electron chi connectivity index (χ4n) is 2.25. The van der Waals surface area contributed by atoms with Crippen LogP contribution in [0.3, 0.4) is 0 Å². The van der Waals surface area contributed by atoms with E-state index in [4.69, 9.17) is 23.2 Å². The zero-order valence-electron chi connectivity index (χ0n) is 13.8. The second-order valence-corrected chi connectivity index (χ2v) is 8.35. The molecule has 0 saturated carbocycles. The van der Waals surface area contributed by atoms with E-state index in [0.29, 0.717) is 11.6 Å². The van der Waals surface area contributed by atoms with Crippen LogP contribution in [0.2, 0.25) is 10.0 Å². The minimum Gasteiger partial charge on any atom is -0.340 e. The molecule has 0 aliphatic carbocycles. The monoisotopic (exact) mass is 400 g/mol. The van der Waals surface area contributed by atoms with Crippen molar-refractivity contribution in [3.63, 3.8) is 0 Å². The van der Waals surface area contributed by atoms with Gasteiger partial charge in [-0.05, 0) is 23.8 Å². The summed E-state index contributed by atoms with van der Waals surface area (Å²) in [5.41, 5.74) is 1.17. The lowest BCUT2D eigenvalue weighted by atomic mass is 10.2. The number of halogens is 2. The number of carbonyl (C=O) groups is 1. The van der Waals surface area contributed by atoms with Gasteiger partial charge in [0.2, 0.25) is 15.9 Å². The van der Waals surface area contributed by atoms with E-state index in [1.54, 1.807) is 7.05 Å². The molecule has 0 spiro atoms. The van der Waals surface area contributed by atoms with Gasteiger partial charge in [0.1, 0.15) is 6.54 Å². The average molecular weight is 401 g/mol. The molecular formula is C17H18Cl2N2O3S. The maximum atomic E-state index is 12.5. The molecule has 0 bridgehead atoms. The Morgan fingerprint density at radius 1 is 1.08 bits per heavy atom. The van der Waals surface area contributed by atoms with E-state index in [1.165, 1.54) is 23.1 Å². The van der Waals surface area contributed by atoms with Gasteiger partial charge in [-0.2, -0.15) is 0 Å². The molecule has 2 aromatic rings. The molecule has 0 unspecified atom stereocenters. The highest BCUT2D eigenvalue weighted by Crippen LogP contribution is 2.30. The Morgan fingerprint density at radius 2 is 1.72 bits per heavy atom. The minimum absolute atomic E-state index is 0.163. The molecule has 2 rings (SSSR count). The molecular weight excluding hydrogens is 383 g/mol. The third kappa shape index (κ3) is 5.36. The number of amides is 1. The van der Waals surface area contributed by atoms with Crippen molar-refractivity contribution in [3.8, 4) is 0 Å². The predicted molar refractivity (Wildman–Crippen MR) is 102 cm³/mol. The van der Waals surface area contributed by atoms with Crippen LogP contribution in [0.5, 0.6) is 0 Å². The summed E-state index contributed by atoms with van der Waals surface area (Å²) in [7, 11) is -2.07. The normalized spacial score (nSPS) is 11.2. The lowest BCUT2D eigenvalue weighted by molar-refractivity contribution is -0.128. The van der Waals surface area contributed by atoms with Crippen molar-refractivity contribution in [3.05, 3.63) is 64.1 Å². The van der Waals surface area contributed by atoms with E-state index in [-0.39, 0.29) is 23.2 Å². The smallest absolute Gasteiger partial charge is 0.243 e. The predicted octanol–water partition coefficient (Wildman–Crippen LogP) is 3.42. The topological polar surface area (TPSA) is 57.7 Å². The van der Waals surface area contributed by atoms with Gasteiger partial charge in [0.05, 0.1) is 17.0 Å². The highest BCUT2D eigenvalue weighted by molar-refractivity contribution is 7.92. The van der Waals surface area contributed by atoms with Crippen LogP contribution < -0.4 is 4.31 Å². The maximum Gasteiger partial charge on any atom is 0.243 e. The number of nitrogens with zero attached hydrogens (tertiary/aromatic N) is 2. The third-order valence-corrected chi connectivity index (χ3v) is 5.21. The Labute approximate surface area is 157 Å². The first-order chi connectivity index (χ1) is 11.7. The van der Waals surface area contributed by atoms with Gasteiger partial charge in [-0.3, -0.25) is 9.10 Å². The molecule has 0 radical (unpaired) electrons. The van der Waals surface area contributed by atoms with E-state index >= 15 is 0 Å². The summed E-state index contributed by atoms with van der Waals surface area (Å²) in [6.45, 7) is 0.0368. The van der Waals surface area contributed by atoms with Gasteiger partial charge in [-0.15, -0.1) is 0 Å². The van der Waals surface area contributed by atoms with Crippen LogP contribution in [0, 0.1) is 0 Å². The molecule has 0 aliphatic rings. The summed E-state index contributed by atoms with van der Waals surface area (Å²) < 4.78 is 25.3. The largest absolute Gasteiger partial charge is 0.340 e. The first kappa shape index (κ1) is 19.6. The molecule has 0 aromatic heterocycles. The van der Waals surface area contributed by atoms with E-state index in [1.807, 2.05) is 30.3 Å². The van der Waals surface area contributed by atoms with Gasteiger partial charge in [0.25, 0.3) is 0 Å².